The Morgan fingerprint density at radius 1 is 1.20 bits per heavy atom. The van der Waals surface area contributed by atoms with Gasteiger partial charge < -0.3 is 15.1 Å². The topological polar surface area (TPSA) is 109 Å². The molecule has 106 valence electrons. The van der Waals surface area contributed by atoms with Gasteiger partial charge >= 0.3 is 0 Å². The number of aromatic amines is 2. The predicted octanol–water partition coefficient (Wildman–Crippen LogP) is 1.50. The lowest BCUT2D eigenvalue weighted by Gasteiger charge is -1.98. The zero-order valence-corrected chi connectivity index (χ0v) is 11.5. The van der Waals surface area contributed by atoms with Crippen LogP contribution in [0.5, 0.6) is 0 Å². The smallest absolute Gasteiger partial charge is 0.197 e. The van der Waals surface area contributed by atoms with Crippen LogP contribution in [0.2, 0.25) is 0 Å². The number of aryl methyl sites for hydroxylation is 2. The van der Waals surface area contributed by atoms with E-state index >= 15 is 0 Å². The molecule has 0 fully saturated rings. The standard InChI is InChI=1S/C12H14N6O.ClH/c13-12-14-6-9(15-12)1-2-10-11(17-18-16-10)5-8-3-4-19-7-8;/h3-4,6-7H,1-2,5H2,(H3,13,14,15)(H,16,17,18);1H. The number of nitrogens with one attached hydrogen (secondary N) is 2. The Bertz CT molecular complexity index is 645. The molecule has 0 spiro atoms. The molecule has 8 heteroatoms. The lowest BCUT2D eigenvalue weighted by atomic mass is 10.1. The highest BCUT2D eigenvalue weighted by atomic mass is 35.5. The third-order valence-electron chi connectivity index (χ3n) is 2.93. The van der Waals surface area contributed by atoms with Crippen LogP contribution in [0.25, 0.3) is 0 Å². The zero-order chi connectivity index (χ0) is 13.1. The maximum Gasteiger partial charge on any atom is 0.197 e. The van der Waals surface area contributed by atoms with Crippen LogP contribution in [0, 0.1) is 0 Å². The molecule has 7 nitrogen and oxygen atoms in total. The van der Waals surface area contributed by atoms with Crippen LogP contribution in [0.1, 0.15) is 22.6 Å². The first kappa shape index (κ1) is 14.1. The Labute approximate surface area is 121 Å². The Balaban J connectivity index is 0.00000147. The van der Waals surface area contributed by atoms with Crippen molar-refractivity contribution in [1.29, 1.82) is 0 Å². The second-order valence-electron chi connectivity index (χ2n) is 4.32. The van der Waals surface area contributed by atoms with Crippen LogP contribution in [0.3, 0.4) is 0 Å². The number of furan rings is 1. The molecule has 0 saturated heterocycles. The lowest BCUT2D eigenvalue weighted by molar-refractivity contribution is 0.564. The number of imidazole rings is 1. The fraction of sp³-hybridized carbons (Fsp3) is 0.250. The third kappa shape index (κ3) is 3.18. The first-order valence-electron chi connectivity index (χ1n) is 6.00. The van der Waals surface area contributed by atoms with Crippen LogP contribution in [0.4, 0.5) is 5.95 Å². The number of rotatable bonds is 5. The Kier molecular flexibility index (Phi) is 4.41. The van der Waals surface area contributed by atoms with Gasteiger partial charge in [0.1, 0.15) is 0 Å². The summed E-state index contributed by atoms with van der Waals surface area (Å²) < 4.78 is 5.05. The van der Waals surface area contributed by atoms with Crippen molar-refractivity contribution in [3.63, 3.8) is 0 Å². The van der Waals surface area contributed by atoms with Crippen LogP contribution < -0.4 is 5.73 Å². The summed E-state index contributed by atoms with van der Waals surface area (Å²) in [5.41, 5.74) is 9.51. The van der Waals surface area contributed by atoms with Gasteiger partial charge in [-0.1, -0.05) is 0 Å². The van der Waals surface area contributed by atoms with E-state index < -0.39 is 0 Å². The summed E-state index contributed by atoms with van der Waals surface area (Å²) in [6, 6.07) is 1.92. The van der Waals surface area contributed by atoms with Crippen molar-refractivity contribution in [1.82, 2.24) is 25.4 Å². The minimum Gasteiger partial charge on any atom is -0.472 e. The van der Waals surface area contributed by atoms with E-state index in [2.05, 4.69) is 25.4 Å². The molecule has 0 saturated carbocycles. The molecule has 3 aromatic heterocycles. The number of nitrogens with zero attached hydrogens (tertiary/aromatic N) is 3. The van der Waals surface area contributed by atoms with Gasteiger partial charge in [0.25, 0.3) is 0 Å². The van der Waals surface area contributed by atoms with E-state index in [4.69, 9.17) is 10.2 Å². The molecule has 0 radical (unpaired) electrons. The molecule has 0 aliphatic heterocycles. The molecule has 0 aliphatic rings. The maximum absolute atomic E-state index is 5.54. The van der Waals surface area contributed by atoms with Gasteiger partial charge in [0.05, 0.1) is 30.1 Å². The molecule has 0 aliphatic carbocycles. The Morgan fingerprint density at radius 2 is 2.05 bits per heavy atom. The van der Waals surface area contributed by atoms with E-state index in [0.29, 0.717) is 12.4 Å². The van der Waals surface area contributed by atoms with Gasteiger partial charge in [0.2, 0.25) is 0 Å². The van der Waals surface area contributed by atoms with Crippen LogP contribution >= 0.6 is 12.4 Å². The molecule has 3 rings (SSSR count). The van der Waals surface area contributed by atoms with Gasteiger partial charge in [-0.15, -0.1) is 12.4 Å². The van der Waals surface area contributed by atoms with Gasteiger partial charge in [0, 0.05) is 12.1 Å². The number of nitrogens with two attached hydrogens (primary N) is 1. The number of anilines is 1. The van der Waals surface area contributed by atoms with Gasteiger partial charge in [-0.25, -0.2) is 4.98 Å². The highest BCUT2D eigenvalue weighted by Crippen LogP contribution is 2.12. The van der Waals surface area contributed by atoms with Gasteiger partial charge in [0.15, 0.2) is 5.95 Å². The molecule has 0 atom stereocenters. The Hall–Kier alpha value is -2.28. The van der Waals surface area contributed by atoms with E-state index in [1.165, 1.54) is 0 Å². The van der Waals surface area contributed by atoms with Crippen molar-refractivity contribution < 1.29 is 4.42 Å². The maximum atomic E-state index is 5.54. The molecule has 20 heavy (non-hydrogen) atoms. The van der Waals surface area contributed by atoms with E-state index in [-0.39, 0.29) is 12.4 Å². The number of halogens is 1. The van der Waals surface area contributed by atoms with Crippen molar-refractivity contribution in [3.8, 4) is 0 Å². The number of H-pyrrole nitrogens is 2. The first-order chi connectivity index (χ1) is 9.31. The van der Waals surface area contributed by atoms with Gasteiger partial charge in [-0.3, -0.25) is 0 Å². The normalized spacial score (nSPS) is 10.4. The van der Waals surface area contributed by atoms with Crippen molar-refractivity contribution >= 4 is 18.4 Å². The molecule has 0 amide bonds. The van der Waals surface area contributed by atoms with Gasteiger partial charge in [-0.2, -0.15) is 15.4 Å². The fourth-order valence-corrected chi connectivity index (χ4v) is 1.96. The molecular formula is C12H15ClN6O. The number of hydrogen-bond acceptors (Lipinski definition) is 5. The van der Waals surface area contributed by atoms with Crippen LogP contribution in [-0.2, 0) is 19.3 Å². The summed E-state index contributed by atoms with van der Waals surface area (Å²) >= 11 is 0. The SMILES string of the molecule is Cl.Nc1ncc(CCc2n[nH]nc2Cc2ccoc2)[nH]1. The minimum absolute atomic E-state index is 0. The van der Waals surface area contributed by atoms with Crippen molar-refractivity contribution in [3.05, 3.63) is 47.4 Å². The summed E-state index contributed by atoms with van der Waals surface area (Å²) in [6.45, 7) is 0. The molecular weight excluding hydrogens is 280 g/mol. The molecule has 0 aromatic carbocycles. The average Bonchev–Trinajstić information content (AvgIpc) is 3.10. The van der Waals surface area contributed by atoms with E-state index in [9.17, 15) is 0 Å². The van der Waals surface area contributed by atoms with E-state index in [1.807, 2.05) is 6.07 Å². The van der Waals surface area contributed by atoms with Crippen LogP contribution in [-0.4, -0.2) is 25.4 Å². The average molecular weight is 295 g/mol. The molecule has 3 aromatic rings. The fourth-order valence-electron chi connectivity index (χ4n) is 1.96. The number of hydrogen-bond donors (Lipinski definition) is 3. The second-order valence-corrected chi connectivity index (χ2v) is 4.32. The third-order valence-corrected chi connectivity index (χ3v) is 2.93. The minimum atomic E-state index is 0. The number of nitrogen functional groups attached to an aromatic ring is 1. The summed E-state index contributed by atoms with van der Waals surface area (Å²) in [5.74, 6) is 0.439. The Morgan fingerprint density at radius 3 is 2.75 bits per heavy atom. The molecule has 0 unspecified atom stereocenters. The molecule has 3 heterocycles. The highest BCUT2D eigenvalue weighted by Gasteiger charge is 2.10. The predicted molar refractivity (Wildman–Crippen MR) is 75.6 cm³/mol. The highest BCUT2D eigenvalue weighted by molar-refractivity contribution is 5.85. The summed E-state index contributed by atoms with van der Waals surface area (Å²) in [4.78, 5) is 6.96. The van der Waals surface area contributed by atoms with Crippen molar-refractivity contribution in [2.75, 3.05) is 5.73 Å². The summed E-state index contributed by atoms with van der Waals surface area (Å²) in [5, 5.41) is 11.0. The van der Waals surface area contributed by atoms with Gasteiger partial charge in [-0.05, 0) is 24.5 Å². The van der Waals surface area contributed by atoms with Crippen molar-refractivity contribution in [2.45, 2.75) is 19.3 Å². The lowest BCUT2D eigenvalue weighted by Crippen LogP contribution is -1.98. The zero-order valence-electron chi connectivity index (χ0n) is 10.7. The molecule has 4 N–H and O–H groups in total. The first-order valence-corrected chi connectivity index (χ1v) is 6.00. The summed E-state index contributed by atoms with van der Waals surface area (Å²) in [6.07, 6.45) is 7.41. The van der Waals surface area contributed by atoms with Crippen molar-refractivity contribution in [2.24, 2.45) is 0 Å². The second kappa shape index (κ2) is 6.25. The molecule has 0 bridgehead atoms. The van der Waals surface area contributed by atoms with Crippen LogP contribution in [0.15, 0.2) is 29.2 Å². The van der Waals surface area contributed by atoms with E-state index in [0.717, 1.165) is 35.5 Å². The summed E-state index contributed by atoms with van der Waals surface area (Å²) in [7, 11) is 0. The monoisotopic (exact) mass is 294 g/mol. The number of aromatic nitrogens is 5. The van der Waals surface area contributed by atoms with E-state index in [1.54, 1.807) is 18.7 Å². The largest absolute Gasteiger partial charge is 0.472 e. The quantitative estimate of drug-likeness (QED) is 0.660.